The predicted octanol–water partition coefficient (Wildman–Crippen LogP) is 3.82. The van der Waals surface area contributed by atoms with Crippen molar-refractivity contribution in [1.29, 1.82) is 5.41 Å². The molecule has 3 aromatic rings. The average Bonchev–Trinajstić information content (AvgIpc) is 2.88. The summed E-state index contributed by atoms with van der Waals surface area (Å²) >= 11 is 3.46. The molecule has 0 aliphatic heterocycles. The van der Waals surface area contributed by atoms with E-state index in [0.29, 0.717) is 5.36 Å². The summed E-state index contributed by atoms with van der Waals surface area (Å²) in [6.07, 6.45) is 1.89. The standard InChI is InChI=1S/C15H14BrN3/c1-9-10(2)19(12-5-3-11(16)4-6-12)15-13(14(9)17)7-8-18-15/h3-8,17-18H,1-2H3. The normalized spacial score (nSPS) is 11.1. The Morgan fingerprint density at radius 1 is 1.11 bits per heavy atom. The van der Waals surface area contributed by atoms with Gasteiger partial charge in [-0.25, -0.2) is 0 Å². The van der Waals surface area contributed by atoms with Crippen LogP contribution in [0.4, 0.5) is 0 Å². The molecule has 0 saturated carbocycles. The quantitative estimate of drug-likeness (QED) is 0.686. The second-order valence-corrected chi connectivity index (χ2v) is 5.55. The minimum absolute atomic E-state index is 0.599. The third-order valence-corrected chi connectivity index (χ3v) is 4.08. The van der Waals surface area contributed by atoms with Crippen molar-refractivity contribution in [1.82, 2.24) is 9.55 Å². The Morgan fingerprint density at radius 2 is 1.79 bits per heavy atom. The molecule has 19 heavy (non-hydrogen) atoms. The fraction of sp³-hybridized carbons (Fsp3) is 0.133. The van der Waals surface area contributed by atoms with Gasteiger partial charge in [0.15, 0.2) is 0 Å². The number of benzene rings is 1. The van der Waals surface area contributed by atoms with Crippen LogP contribution in [0.15, 0.2) is 41.0 Å². The fourth-order valence-electron chi connectivity index (χ4n) is 2.38. The zero-order chi connectivity index (χ0) is 13.6. The van der Waals surface area contributed by atoms with Crippen molar-refractivity contribution in [2.24, 2.45) is 0 Å². The van der Waals surface area contributed by atoms with Crippen LogP contribution in [0.3, 0.4) is 0 Å². The molecule has 0 amide bonds. The van der Waals surface area contributed by atoms with Crippen LogP contribution in [0.25, 0.3) is 16.7 Å². The van der Waals surface area contributed by atoms with E-state index < -0.39 is 0 Å². The van der Waals surface area contributed by atoms with Gasteiger partial charge in [0, 0.05) is 27.4 Å². The largest absolute Gasteiger partial charge is 0.347 e. The molecule has 0 radical (unpaired) electrons. The Morgan fingerprint density at radius 3 is 2.47 bits per heavy atom. The highest BCUT2D eigenvalue weighted by molar-refractivity contribution is 9.10. The van der Waals surface area contributed by atoms with Crippen molar-refractivity contribution in [3.05, 3.63) is 57.6 Å². The van der Waals surface area contributed by atoms with Crippen LogP contribution in [0.2, 0.25) is 0 Å². The van der Waals surface area contributed by atoms with Gasteiger partial charge in [-0.3, -0.25) is 9.98 Å². The van der Waals surface area contributed by atoms with E-state index in [1.807, 2.05) is 31.3 Å². The lowest BCUT2D eigenvalue weighted by atomic mass is 10.1. The maximum absolute atomic E-state index is 8.20. The van der Waals surface area contributed by atoms with Crippen molar-refractivity contribution < 1.29 is 0 Å². The lowest BCUT2D eigenvalue weighted by Crippen LogP contribution is -2.15. The second kappa shape index (κ2) is 4.38. The molecule has 0 saturated heterocycles. The maximum Gasteiger partial charge on any atom is 0.124 e. The molecule has 0 aliphatic carbocycles. The van der Waals surface area contributed by atoms with E-state index in [1.54, 1.807) is 0 Å². The zero-order valence-electron chi connectivity index (χ0n) is 10.8. The molecule has 0 spiro atoms. The molecule has 0 aliphatic rings. The van der Waals surface area contributed by atoms with Gasteiger partial charge in [0.1, 0.15) is 5.65 Å². The highest BCUT2D eigenvalue weighted by Crippen LogP contribution is 2.21. The van der Waals surface area contributed by atoms with Gasteiger partial charge < -0.3 is 4.98 Å². The first kappa shape index (κ1) is 12.2. The molecule has 0 unspecified atom stereocenters. The lowest BCUT2D eigenvalue weighted by molar-refractivity contribution is 0.973. The summed E-state index contributed by atoms with van der Waals surface area (Å²) in [6.45, 7) is 4.05. The third kappa shape index (κ3) is 1.83. The Hall–Kier alpha value is -1.81. The summed E-state index contributed by atoms with van der Waals surface area (Å²) in [5.41, 5.74) is 4.16. The van der Waals surface area contributed by atoms with Gasteiger partial charge in [-0.05, 0) is 49.7 Å². The Balaban J connectivity index is 2.43. The van der Waals surface area contributed by atoms with E-state index in [-0.39, 0.29) is 0 Å². The van der Waals surface area contributed by atoms with Crippen LogP contribution in [0, 0.1) is 19.3 Å². The minimum atomic E-state index is 0.599. The van der Waals surface area contributed by atoms with Crippen LogP contribution in [-0.4, -0.2) is 9.55 Å². The van der Waals surface area contributed by atoms with Crippen LogP contribution >= 0.6 is 15.9 Å². The molecule has 3 nitrogen and oxygen atoms in total. The molecule has 2 heterocycles. The molecule has 0 fully saturated rings. The molecule has 96 valence electrons. The van der Waals surface area contributed by atoms with Gasteiger partial charge in [-0.1, -0.05) is 15.9 Å². The number of H-pyrrole nitrogens is 1. The second-order valence-electron chi connectivity index (χ2n) is 4.64. The van der Waals surface area contributed by atoms with E-state index in [2.05, 4.69) is 44.5 Å². The highest BCUT2D eigenvalue weighted by atomic mass is 79.9. The van der Waals surface area contributed by atoms with Crippen molar-refractivity contribution in [3.8, 4) is 5.69 Å². The summed E-state index contributed by atoms with van der Waals surface area (Å²) in [4.78, 5) is 3.24. The number of aromatic amines is 1. The zero-order valence-corrected chi connectivity index (χ0v) is 12.4. The number of pyridine rings is 1. The molecule has 0 atom stereocenters. The van der Waals surface area contributed by atoms with E-state index >= 15 is 0 Å². The molecular formula is C15H14BrN3. The highest BCUT2D eigenvalue weighted by Gasteiger charge is 2.11. The molecule has 0 bridgehead atoms. The van der Waals surface area contributed by atoms with Gasteiger partial charge in [0.25, 0.3) is 0 Å². The SMILES string of the molecule is Cc1c(C)n(-c2ccc(Br)cc2)c2[nH]ccc2c1=N. The number of hydrogen-bond acceptors (Lipinski definition) is 1. The topological polar surface area (TPSA) is 44.6 Å². The smallest absolute Gasteiger partial charge is 0.124 e. The Bertz CT molecular complexity index is 810. The minimum Gasteiger partial charge on any atom is -0.347 e. The monoisotopic (exact) mass is 315 g/mol. The van der Waals surface area contributed by atoms with Gasteiger partial charge in [0.2, 0.25) is 0 Å². The Labute approximate surface area is 119 Å². The first-order valence-corrected chi connectivity index (χ1v) is 6.88. The molecule has 2 aromatic heterocycles. The summed E-state index contributed by atoms with van der Waals surface area (Å²) in [5, 5.41) is 9.75. The number of fused-ring (bicyclic) bond motifs is 1. The van der Waals surface area contributed by atoms with Gasteiger partial charge in [-0.2, -0.15) is 0 Å². The molecule has 4 heteroatoms. The summed E-state index contributed by atoms with van der Waals surface area (Å²) in [5.74, 6) is 0. The molecule has 3 rings (SSSR count). The van der Waals surface area contributed by atoms with E-state index in [0.717, 1.165) is 32.5 Å². The van der Waals surface area contributed by atoms with Crippen LogP contribution in [-0.2, 0) is 0 Å². The average molecular weight is 316 g/mol. The summed E-state index contributed by atoms with van der Waals surface area (Å²) in [6, 6.07) is 10.2. The van der Waals surface area contributed by atoms with Crippen LogP contribution in [0.1, 0.15) is 11.3 Å². The first-order chi connectivity index (χ1) is 9.09. The third-order valence-electron chi connectivity index (χ3n) is 3.56. The van der Waals surface area contributed by atoms with Crippen LogP contribution in [0.5, 0.6) is 0 Å². The van der Waals surface area contributed by atoms with Crippen molar-refractivity contribution >= 4 is 27.0 Å². The summed E-state index contributed by atoms with van der Waals surface area (Å²) in [7, 11) is 0. The molecule has 1 aromatic carbocycles. The lowest BCUT2D eigenvalue weighted by Gasteiger charge is -2.15. The number of nitrogens with zero attached hydrogens (tertiary/aromatic N) is 1. The van der Waals surface area contributed by atoms with Gasteiger partial charge >= 0.3 is 0 Å². The van der Waals surface area contributed by atoms with Crippen molar-refractivity contribution in [2.75, 3.05) is 0 Å². The molecule has 2 N–H and O–H groups in total. The van der Waals surface area contributed by atoms with Gasteiger partial charge in [0.05, 0.1) is 5.36 Å². The van der Waals surface area contributed by atoms with E-state index in [4.69, 9.17) is 5.41 Å². The number of nitrogens with one attached hydrogen (secondary N) is 2. The molecular weight excluding hydrogens is 302 g/mol. The maximum atomic E-state index is 8.20. The van der Waals surface area contributed by atoms with E-state index in [9.17, 15) is 0 Å². The van der Waals surface area contributed by atoms with E-state index in [1.165, 1.54) is 0 Å². The first-order valence-electron chi connectivity index (χ1n) is 6.09. The van der Waals surface area contributed by atoms with Crippen molar-refractivity contribution in [3.63, 3.8) is 0 Å². The van der Waals surface area contributed by atoms with Crippen molar-refractivity contribution in [2.45, 2.75) is 13.8 Å². The fourth-order valence-corrected chi connectivity index (χ4v) is 2.64. The Kier molecular flexibility index (Phi) is 2.82. The van der Waals surface area contributed by atoms with Crippen LogP contribution < -0.4 is 5.36 Å². The number of halogens is 1. The van der Waals surface area contributed by atoms with Gasteiger partial charge in [-0.15, -0.1) is 0 Å². The number of rotatable bonds is 1. The number of aromatic nitrogens is 2. The number of hydrogen-bond donors (Lipinski definition) is 2. The summed E-state index contributed by atoms with van der Waals surface area (Å²) < 4.78 is 3.22. The predicted molar refractivity (Wildman–Crippen MR) is 80.7 cm³/mol.